The van der Waals surface area contributed by atoms with Gasteiger partial charge in [-0.2, -0.15) is 5.26 Å². The van der Waals surface area contributed by atoms with Crippen LogP contribution in [0.25, 0.3) is 0 Å². The number of piperidine rings is 1. The molecule has 4 nitrogen and oxygen atoms in total. The van der Waals surface area contributed by atoms with E-state index in [9.17, 15) is 4.79 Å². The third kappa shape index (κ3) is 4.22. The van der Waals surface area contributed by atoms with Crippen molar-refractivity contribution in [1.29, 1.82) is 5.26 Å². The van der Waals surface area contributed by atoms with Crippen LogP contribution in [0.4, 0.5) is 5.69 Å². The van der Waals surface area contributed by atoms with E-state index in [1.807, 2.05) is 26.0 Å². The van der Waals surface area contributed by atoms with Crippen LogP contribution in [0.2, 0.25) is 0 Å². The molecule has 1 heterocycles. The standard InChI is InChI=1S/C21H31N3O/c1-5-10-19(24(6-2)11-8-7-9-12-24)21(25)23-20-16(3)13-18(15-22)14-17(20)4/h13-14,19H,5-12H2,1-4H3/p+1. The minimum atomic E-state index is 0.0183. The van der Waals surface area contributed by atoms with Gasteiger partial charge in [-0.3, -0.25) is 4.79 Å². The largest absolute Gasteiger partial charge is 0.320 e. The highest BCUT2D eigenvalue weighted by Gasteiger charge is 2.41. The molecule has 1 unspecified atom stereocenters. The number of carbonyl (C=O) groups excluding carboxylic acids is 1. The number of likely N-dealkylation sites (tertiary alicyclic amines) is 1. The van der Waals surface area contributed by atoms with E-state index in [0.717, 1.165) is 53.8 Å². The van der Waals surface area contributed by atoms with Crippen molar-refractivity contribution in [3.05, 3.63) is 28.8 Å². The maximum atomic E-state index is 13.2. The molecule has 1 fully saturated rings. The third-order valence-corrected chi connectivity index (χ3v) is 5.77. The second-order valence-electron chi connectivity index (χ2n) is 7.43. The topological polar surface area (TPSA) is 52.9 Å². The number of nitriles is 1. The summed E-state index contributed by atoms with van der Waals surface area (Å²) in [4.78, 5) is 13.2. The zero-order valence-electron chi connectivity index (χ0n) is 16.2. The monoisotopic (exact) mass is 342 g/mol. The summed E-state index contributed by atoms with van der Waals surface area (Å²) < 4.78 is 0.925. The lowest BCUT2D eigenvalue weighted by Crippen LogP contribution is -2.61. The molecule has 25 heavy (non-hydrogen) atoms. The van der Waals surface area contributed by atoms with E-state index in [1.54, 1.807) is 0 Å². The number of likely N-dealkylation sites (N-methyl/N-ethyl adjacent to an activating group) is 1. The van der Waals surface area contributed by atoms with Gasteiger partial charge in [-0.15, -0.1) is 0 Å². The Morgan fingerprint density at radius 3 is 2.28 bits per heavy atom. The van der Waals surface area contributed by atoms with Gasteiger partial charge in [-0.05, 0) is 69.7 Å². The number of nitrogens with one attached hydrogen (secondary N) is 1. The summed E-state index contributed by atoms with van der Waals surface area (Å²) in [5.74, 6) is 0.140. The predicted molar refractivity (Wildman–Crippen MR) is 102 cm³/mol. The van der Waals surface area contributed by atoms with Crippen LogP contribution < -0.4 is 5.32 Å². The summed E-state index contributed by atoms with van der Waals surface area (Å²) in [6.45, 7) is 11.5. The molecule has 1 atom stereocenters. The first-order valence-corrected chi connectivity index (χ1v) is 9.65. The first-order chi connectivity index (χ1) is 12.0. The average Bonchev–Trinajstić information content (AvgIpc) is 2.62. The number of benzene rings is 1. The van der Waals surface area contributed by atoms with Crippen LogP contribution in [-0.2, 0) is 4.79 Å². The van der Waals surface area contributed by atoms with E-state index in [4.69, 9.17) is 5.26 Å². The number of carbonyl (C=O) groups is 1. The van der Waals surface area contributed by atoms with Crippen LogP contribution in [-0.4, -0.2) is 36.1 Å². The molecule has 1 aliphatic heterocycles. The van der Waals surface area contributed by atoms with Crippen LogP contribution in [0.15, 0.2) is 12.1 Å². The average molecular weight is 343 g/mol. The normalized spacial score (nSPS) is 17.6. The third-order valence-electron chi connectivity index (χ3n) is 5.77. The van der Waals surface area contributed by atoms with Gasteiger partial charge in [-0.25, -0.2) is 0 Å². The minimum Gasteiger partial charge on any atom is -0.320 e. The molecular weight excluding hydrogens is 310 g/mol. The molecule has 1 amide bonds. The lowest BCUT2D eigenvalue weighted by Gasteiger charge is -2.46. The van der Waals surface area contributed by atoms with E-state index < -0.39 is 0 Å². The quantitative estimate of drug-likeness (QED) is 0.784. The first kappa shape index (κ1) is 19.5. The summed E-state index contributed by atoms with van der Waals surface area (Å²) in [6, 6.07) is 5.90. The molecule has 0 aliphatic carbocycles. The molecule has 0 saturated carbocycles. The molecule has 1 aromatic rings. The Bertz CT molecular complexity index is 631. The Labute approximate surface area is 152 Å². The van der Waals surface area contributed by atoms with Gasteiger partial charge in [-0.1, -0.05) is 6.92 Å². The predicted octanol–water partition coefficient (Wildman–Crippen LogP) is 4.30. The highest BCUT2D eigenvalue weighted by Crippen LogP contribution is 2.28. The van der Waals surface area contributed by atoms with Crippen LogP contribution in [0, 0.1) is 25.2 Å². The van der Waals surface area contributed by atoms with Crippen LogP contribution >= 0.6 is 0 Å². The summed E-state index contributed by atoms with van der Waals surface area (Å²) >= 11 is 0. The Morgan fingerprint density at radius 2 is 1.80 bits per heavy atom. The van der Waals surface area contributed by atoms with E-state index in [0.29, 0.717) is 5.56 Å². The van der Waals surface area contributed by atoms with E-state index in [1.165, 1.54) is 19.3 Å². The van der Waals surface area contributed by atoms with E-state index in [-0.39, 0.29) is 11.9 Å². The number of quaternary nitrogens is 1. The van der Waals surface area contributed by atoms with Crippen molar-refractivity contribution in [3.8, 4) is 6.07 Å². The van der Waals surface area contributed by atoms with Crippen molar-refractivity contribution >= 4 is 11.6 Å². The van der Waals surface area contributed by atoms with Gasteiger partial charge in [0.15, 0.2) is 6.04 Å². The zero-order valence-corrected chi connectivity index (χ0v) is 16.2. The molecular formula is C21H32N3O+. The lowest BCUT2D eigenvalue weighted by molar-refractivity contribution is -0.945. The lowest BCUT2D eigenvalue weighted by atomic mass is 9.98. The number of amides is 1. The molecule has 1 N–H and O–H groups in total. The van der Waals surface area contributed by atoms with Crippen molar-refractivity contribution in [2.75, 3.05) is 25.0 Å². The number of nitrogens with zero attached hydrogens (tertiary/aromatic N) is 2. The number of hydrogen-bond acceptors (Lipinski definition) is 2. The zero-order chi connectivity index (χ0) is 18.4. The van der Waals surface area contributed by atoms with Gasteiger partial charge in [0.1, 0.15) is 0 Å². The molecule has 1 aromatic carbocycles. The van der Waals surface area contributed by atoms with Crippen molar-refractivity contribution < 1.29 is 9.28 Å². The van der Waals surface area contributed by atoms with Crippen molar-refractivity contribution in [3.63, 3.8) is 0 Å². The second-order valence-corrected chi connectivity index (χ2v) is 7.43. The van der Waals surface area contributed by atoms with Gasteiger partial charge < -0.3 is 9.80 Å². The second kappa shape index (κ2) is 8.49. The van der Waals surface area contributed by atoms with Gasteiger partial charge >= 0.3 is 0 Å². The number of rotatable bonds is 6. The highest BCUT2D eigenvalue weighted by molar-refractivity contribution is 5.95. The minimum absolute atomic E-state index is 0.0183. The molecule has 1 saturated heterocycles. The Kier molecular flexibility index (Phi) is 6.61. The fourth-order valence-electron chi connectivity index (χ4n) is 4.35. The SMILES string of the molecule is CCCC(C(=O)Nc1c(C)cc(C#N)cc1C)[N+]1(CC)CCCCC1. The van der Waals surface area contributed by atoms with Crippen LogP contribution in [0.5, 0.6) is 0 Å². The molecule has 1 aliphatic rings. The molecule has 4 heteroatoms. The van der Waals surface area contributed by atoms with Crippen LogP contribution in [0.1, 0.15) is 62.6 Å². The van der Waals surface area contributed by atoms with E-state index >= 15 is 0 Å². The van der Waals surface area contributed by atoms with Crippen LogP contribution in [0.3, 0.4) is 0 Å². The number of anilines is 1. The summed E-state index contributed by atoms with van der Waals surface area (Å²) in [5.41, 5.74) is 3.44. The Morgan fingerprint density at radius 1 is 1.20 bits per heavy atom. The molecule has 0 bridgehead atoms. The van der Waals surface area contributed by atoms with Gasteiger partial charge in [0.2, 0.25) is 0 Å². The van der Waals surface area contributed by atoms with E-state index in [2.05, 4.69) is 25.2 Å². The molecule has 2 rings (SSSR count). The maximum absolute atomic E-state index is 13.2. The smallest absolute Gasteiger partial charge is 0.282 e. The molecule has 136 valence electrons. The Balaban J connectivity index is 2.28. The van der Waals surface area contributed by atoms with Gasteiger partial charge in [0, 0.05) is 12.1 Å². The maximum Gasteiger partial charge on any atom is 0.282 e. The Hall–Kier alpha value is -1.86. The van der Waals surface area contributed by atoms with Gasteiger partial charge in [0.05, 0.1) is 31.3 Å². The molecule has 0 spiro atoms. The molecule has 0 aromatic heterocycles. The fraction of sp³-hybridized carbons (Fsp3) is 0.619. The first-order valence-electron chi connectivity index (χ1n) is 9.65. The summed E-state index contributed by atoms with van der Waals surface area (Å²) in [5, 5.41) is 12.3. The number of hydrogen-bond donors (Lipinski definition) is 1. The van der Waals surface area contributed by atoms with Crippen molar-refractivity contribution in [2.24, 2.45) is 0 Å². The number of aryl methyl sites for hydroxylation is 2. The summed E-state index contributed by atoms with van der Waals surface area (Å²) in [6.07, 6.45) is 5.66. The van der Waals surface area contributed by atoms with Crippen molar-refractivity contribution in [2.45, 2.75) is 65.8 Å². The molecule has 0 radical (unpaired) electrons. The fourth-order valence-corrected chi connectivity index (χ4v) is 4.35. The summed E-state index contributed by atoms with van der Waals surface area (Å²) in [7, 11) is 0. The van der Waals surface area contributed by atoms with Crippen molar-refractivity contribution in [1.82, 2.24) is 0 Å². The van der Waals surface area contributed by atoms with Gasteiger partial charge in [0.25, 0.3) is 5.91 Å². The highest BCUT2D eigenvalue weighted by atomic mass is 16.2.